The molecule has 5 aromatic rings. The maximum atomic E-state index is 11.7. The number of thiophene rings is 1. The molecular formula is C42H52IrN3O2S-. The van der Waals surface area contributed by atoms with Crippen molar-refractivity contribution < 1.29 is 30.0 Å². The Hall–Kier alpha value is -3.25. The van der Waals surface area contributed by atoms with Gasteiger partial charge in [-0.25, -0.2) is 4.98 Å². The Bertz CT molecular complexity index is 1860. The number of ketones is 1. The Morgan fingerprint density at radius 3 is 2.16 bits per heavy atom. The molecule has 0 saturated heterocycles. The predicted molar refractivity (Wildman–Crippen MR) is 204 cm³/mol. The summed E-state index contributed by atoms with van der Waals surface area (Å²) in [4.78, 5) is 27.1. The summed E-state index contributed by atoms with van der Waals surface area (Å²) in [6, 6.07) is 20.7. The summed E-state index contributed by atoms with van der Waals surface area (Å²) in [6.07, 6.45) is 9.51. The number of rotatable bonds is 11. The van der Waals surface area contributed by atoms with Crippen molar-refractivity contribution in [1.29, 1.82) is 0 Å². The Morgan fingerprint density at radius 1 is 0.878 bits per heavy atom. The summed E-state index contributed by atoms with van der Waals surface area (Å²) in [5.74, 6) is 1.17. The summed E-state index contributed by atoms with van der Waals surface area (Å²) in [5, 5.41) is 13.3. The van der Waals surface area contributed by atoms with E-state index in [-0.39, 0.29) is 48.9 Å². The quantitative estimate of drug-likeness (QED) is 0.0814. The van der Waals surface area contributed by atoms with Crippen LogP contribution in [-0.4, -0.2) is 25.8 Å². The zero-order valence-corrected chi connectivity index (χ0v) is 33.8. The number of carbonyl (C=O) groups is 1. The molecule has 0 spiro atoms. The van der Waals surface area contributed by atoms with Crippen molar-refractivity contribution in [3.8, 4) is 22.6 Å². The van der Waals surface area contributed by atoms with Gasteiger partial charge in [-0.3, -0.25) is 14.8 Å². The summed E-state index contributed by atoms with van der Waals surface area (Å²) in [6.45, 7) is 19.3. The molecule has 3 heterocycles. The van der Waals surface area contributed by atoms with E-state index in [9.17, 15) is 9.90 Å². The van der Waals surface area contributed by atoms with Crippen LogP contribution in [0.3, 0.4) is 0 Å². The monoisotopic (exact) mass is 855 g/mol. The number of carbonyl (C=O) groups excluding carboxylic acids is 1. The van der Waals surface area contributed by atoms with Gasteiger partial charge in [-0.1, -0.05) is 91.5 Å². The number of pyridine rings is 1. The van der Waals surface area contributed by atoms with Gasteiger partial charge in [0.2, 0.25) is 0 Å². The average molecular weight is 855 g/mol. The Kier molecular flexibility index (Phi) is 14.9. The van der Waals surface area contributed by atoms with Crippen LogP contribution in [0.2, 0.25) is 0 Å². The number of benzene rings is 2. The molecule has 263 valence electrons. The minimum atomic E-state index is 0. The number of aliphatic hydroxyl groups is 1. The van der Waals surface area contributed by atoms with Crippen LogP contribution < -0.4 is 0 Å². The minimum Gasteiger partial charge on any atom is -0.512 e. The van der Waals surface area contributed by atoms with Gasteiger partial charge < -0.3 is 5.11 Å². The molecule has 0 fully saturated rings. The third-order valence-corrected chi connectivity index (χ3v) is 10.1. The second kappa shape index (κ2) is 18.1. The predicted octanol–water partition coefficient (Wildman–Crippen LogP) is 11.7. The number of hydrogen-bond acceptors (Lipinski definition) is 6. The van der Waals surface area contributed by atoms with Gasteiger partial charge in [0.1, 0.15) is 6.33 Å². The summed E-state index contributed by atoms with van der Waals surface area (Å²) < 4.78 is 1.25. The Balaban J connectivity index is 0.000000347. The molecule has 2 aromatic carbocycles. The van der Waals surface area contributed by atoms with E-state index in [0.29, 0.717) is 5.92 Å². The van der Waals surface area contributed by atoms with E-state index in [1.54, 1.807) is 6.33 Å². The molecule has 0 aliphatic rings. The van der Waals surface area contributed by atoms with Crippen LogP contribution in [0, 0.1) is 23.8 Å². The number of nitrogens with zero attached hydrogens (tertiary/aromatic N) is 3. The molecule has 1 radical (unpaired) electrons. The van der Waals surface area contributed by atoms with Gasteiger partial charge in [0.25, 0.3) is 0 Å². The van der Waals surface area contributed by atoms with Crippen molar-refractivity contribution in [2.45, 2.75) is 99.8 Å². The summed E-state index contributed by atoms with van der Waals surface area (Å²) >= 11 is 1.85. The first kappa shape index (κ1) is 40.2. The van der Waals surface area contributed by atoms with E-state index in [1.807, 2.05) is 45.2 Å². The largest absolute Gasteiger partial charge is 0.512 e. The molecular weight excluding hydrogens is 803 g/mol. The van der Waals surface area contributed by atoms with Gasteiger partial charge >= 0.3 is 0 Å². The molecule has 0 atom stereocenters. The topological polar surface area (TPSA) is 76.0 Å². The molecule has 0 aliphatic heterocycles. The fourth-order valence-electron chi connectivity index (χ4n) is 6.13. The van der Waals surface area contributed by atoms with Gasteiger partial charge in [-0.2, -0.15) is 0 Å². The van der Waals surface area contributed by atoms with Crippen molar-refractivity contribution >= 4 is 38.0 Å². The molecule has 3 aromatic heterocycles. The molecule has 0 saturated carbocycles. The van der Waals surface area contributed by atoms with Crippen LogP contribution in [-0.2, 0) is 36.7 Å². The van der Waals surface area contributed by atoms with Crippen LogP contribution in [0.15, 0.2) is 72.9 Å². The van der Waals surface area contributed by atoms with Crippen LogP contribution in [0.4, 0.5) is 0 Å². The fourth-order valence-corrected chi connectivity index (χ4v) is 7.40. The van der Waals surface area contributed by atoms with Crippen LogP contribution in [0.25, 0.3) is 43.5 Å². The average Bonchev–Trinajstić information content (AvgIpc) is 3.47. The number of aliphatic hydroxyl groups excluding tert-OH is 1. The molecule has 7 heteroatoms. The van der Waals surface area contributed by atoms with Gasteiger partial charge in [0.15, 0.2) is 5.78 Å². The van der Waals surface area contributed by atoms with Crippen molar-refractivity contribution in [3.05, 3.63) is 89.4 Å². The molecule has 5 nitrogen and oxygen atoms in total. The standard InChI is InChI=1S/C29H28N3S.C13H24O2.Ir/c1-18(2)12-21-15-23-27(33-21)10-11-30-28(23)26-16-25(31-17-32-26)20-13-19-8-6-7-9-22(19)24(14-20)29(3,4)5;1-5-10(6-2)12(14)9-13(15)11(7-3)8-4;/h6-11,14-18H,12H2,1-5H3;9-11,14H,5-8H2,1-4H3;/q-1;;/b;12-9-;. The van der Waals surface area contributed by atoms with Crippen molar-refractivity contribution in [2.75, 3.05) is 0 Å². The van der Waals surface area contributed by atoms with E-state index < -0.39 is 0 Å². The smallest absolute Gasteiger partial charge is 0.162 e. The van der Waals surface area contributed by atoms with E-state index in [2.05, 4.69) is 99.2 Å². The minimum absolute atomic E-state index is 0. The van der Waals surface area contributed by atoms with Crippen molar-refractivity contribution in [1.82, 2.24) is 15.0 Å². The van der Waals surface area contributed by atoms with Crippen LogP contribution in [0.5, 0.6) is 0 Å². The maximum absolute atomic E-state index is 11.7. The van der Waals surface area contributed by atoms with Crippen molar-refractivity contribution in [2.24, 2.45) is 17.8 Å². The zero-order valence-electron chi connectivity index (χ0n) is 30.6. The SMILES string of the molecule is CC(C)Cc1cc2c(-c3cc(-c4[c-]c5ccccc5c(C(C)(C)C)c4)ncn3)nccc2s1.CCC(CC)C(=O)/C=C(\O)C(CC)CC.[Ir]. The summed E-state index contributed by atoms with van der Waals surface area (Å²) in [7, 11) is 0. The van der Waals surface area contributed by atoms with E-state index in [0.717, 1.165) is 60.1 Å². The number of fused-ring (bicyclic) bond motifs is 2. The molecule has 0 amide bonds. The third-order valence-electron chi connectivity index (χ3n) is 8.96. The third kappa shape index (κ3) is 10.2. The second-order valence-electron chi connectivity index (χ2n) is 14.1. The number of aromatic nitrogens is 3. The van der Waals surface area contributed by atoms with E-state index >= 15 is 0 Å². The number of hydrogen-bond donors (Lipinski definition) is 1. The molecule has 0 aliphatic carbocycles. The number of allylic oxidation sites excluding steroid dienone is 2. The zero-order chi connectivity index (χ0) is 35.0. The van der Waals surface area contributed by atoms with Gasteiger partial charge in [0.05, 0.1) is 17.1 Å². The van der Waals surface area contributed by atoms with Crippen LogP contribution >= 0.6 is 11.3 Å². The van der Waals surface area contributed by atoms with Gasteiger partial charge in [-0.05, 0) is 61.6 Å². The normalized spacial score (nSPS) is 12.0. The van der Waals surface area contributed by atoms with Crippen molar-refractivity contribution in [3.63, 3.8) is 0 Å². The maximum Gasteiger partial charge on any atom is 0.162 e. The molecule has 1 N–H and O–H groups in total. The van der Waals surface area contributed by atoms with Crippen LogP contribution in [0.1, 0.15) is 98.4 Å². The molecule has 0 unspecified atom stereocenters. The van der Waals surface area contributed by atoms with Gasteiger partial charge in [-0.15, -0.1) is 40.5 Å². The van der Waals surface area contributed by atoms with E-state index in [1.165, 1.54) is 32.0 Å². The van der Waals surface area contributed by atoms with Gasteiger partial charge in [0, 0.05) is 64.9 Å². The molecule has 5 rings (SSSR count). The second-order valence-corrected chi connectivity index (χ2v) is 15.2. The Morgan fingerprint density at radius 2 is 1.53 bits per heavy atom. The summed E-state index contributed by atoms with van der Waals surface area (Å²) in [5.41, 5.74) is 4.92. The first-order chi connectivity index (χ1) is 22.9. The molecule has 49 heavy (non-hydrogen) atoms. The van der Waals surface area contributed by atoms with E-state index in [4.69, 9.17) is 4.98 Å². The fraction of sp³-hybridized carbons (Fsp3) is 0.429. The molecule has 0 bridgehead atoms. The Labute approximate surface area is 311 Å². The first-order valence-corrected chi connectivity index (χ1v) is 18.3. The first-order valence-electron chi connectivity index (χ1n) is 17.5.